The lowest BCUT2D eigenvalue weighted by atomic mass is 9.93. The molecule has 3 aromatic carbocycles. The van der Waals surface area contributed by atoms with Crippen molar-refractivity contribution < 1.29 is 29.2 Å². The first kappa shape index (κ1) is 28.3. The second-order valence-corrected chi connectivity index (χ2v) is 10.2. The number of hydrogen-bond acceptors (Lipinski definition) is 8. The highest BCUT2D eigenvalue weighted by Gasteiger charge is 2.30. The van der Waals surface area contributed by atoms with Crippen LogP contribution in [0, 0.1) is 20.8 Å². The van der Waals surface area contributed by atoms with Crippen molar-refractivity contribution in [2.24, 2.45) is 0 Å². The van der Waals surface area contributed by atoms with E-state index in [9.17, 15) is 9.90 Å². The number of rotatable bonds is 10. The van der Waals surface area contributed by atoms with Gasteiger partial charge in [-0.3, -0.25) is 4.79 Å². The van der Waals surface area contributed by atoms with E-state index in [2.05, 4.69) is 41.2 Å². The molecule has 0 radical (unpaired) electrons. The molecule has 0 spiro atoms. The minimum atomic E-state index is -0.987. The van der Waals surface area contributed by atoms with Crippen molar-refractivity contribution in [1.82, 2.24) is 9.97 Å². The Morgan fingerprint density at radius 1 is 0.902 bits per heavy atom. The molecule has 8 heteroatoms. The highest BCUT2D eigenvalue weighted by molar-refractivity contribution is 5.83. The third-order valence-corrected chi connectivity index (χ3v) is 7.60. The molecule has 1 aromatic heterocycles. The lowest BCUT2D eigenvalue weighted by Gasteiger charge is -2.17. The third kappa shape index (κ3) is 5.80. The summed E-state index contributed by atoms with van der Waals surface area (Å²) >= 11 is 0. The number of ether oxygens (including phenoxy) is 3. The fourth-order valence-electron chi connectivity index (χ4n) is 5.48. The van der Waals surface area contributed by atoms with Gasteiger partial charge in [0.2, 0.25) is 0 Å². The lowest BCUT2D eigenvalue weighted by Crippen LogP contribution is -2.22. The number of methoxy groups -OCH3 is 1. The number of esters is 1. The van der Waals surface area contributed by atoms with Crippen molar-refractivity contribution in [3.05, 3.63) is 94.3 Å². The van der Waals surface area contributed by atoms with E-state index < -0.39 is 12.7 Å². The van der Waals surface area contributed by atoms with Crippen molar-refractivity contribution in [3.8, 4) is 34.0 Å². The zero-order chi connectivity index (χ0) is 29.1. The summed E-state index contributed by atoms with van der Waals surface area (Å²) in [6.07, 6.45) is -0.688. The number of hydrogen-bond donors (Lipinski definition) is 2. The predicted octanol–water partition coefficient (Wildman–Crippen LogP) is 5.06. The number of fused-ring (bicyclic) bond motifs is 3. The summed E-state index contributed by atoms with van der Waals surface area (Å²) in [7, 11) is 1.42. The summed E-state index contributed by atoms with van der Waals surface area (Å²) in [4.78, 5) is 21.1. The van der Waals surface area contributed by atoms with Gasteiger partial charge in [-0.15, -0.1) is 0 Å². The monoisotopic (exact) mass is 554 g/mol. The molecule has 8 nitrogen and oxygen atoms in total. The number of nitrogens with zero attached hydrogens (tertiary/aromatic N) is 2. The molecule has 1 aliphatic rings. The topological polar surface area (TPSA) is 111 Å². The Bertz CT molecular complexity index is 1560. The second-order valence-electron chi connectivity index (χ2n) is 10.2. The highest BCUT2D eigenvalue weighted by Crippen LogP contribution is 2.47. The minimum Gasteiger partial charge on any atom is -0.489 e. The molecular weight excluding hydrogens is 520 g/mol. The van der Waals surface area contributed by atoms with Crippen LogP contribution in [0.2, 0.25) is 0 Å². The fourth-order valence-corrected chi connectivity index (χ4v) is 5.48. The maximum Gasteiger partial charge on any atom is 0.316 e. The summed E-state index contributed by atoms with van der Waals surface area (Å²) in [6.45, 7) is 5.77. The summed E-state index contributed by atoms with van der Waals surface area (Å²) in [5, 5.41) is 18.6. The number of aliphatic hydroxyl groups is 2. The van der Waals surface area contributed by atoms with Gasteiger partial charge in [0.05, 0.1) is 31.5 Å². The quantitative estimate of drug-likeness (QED) is 0.262. The fraction of sp³-hybridized carbons (Fsp3) is 0.303. The van der Waals surface area contributed by atoms with Gasteiger partial charge < -0.3 is 24.4 Å². The molecule has 1 aliphatic carbocycles. The Kier molecular flexibility index (Phi) is 8.33. The predicted molar refractivity (Wildman–Crippen MR) is 155 cm³/mol. The Balaban J connectivity index is 1.37. The van der Waals surface area contributed by atoms with Gasteiger partial charge in [-0.1, -0.05) is 48.5 Å². The number of aliphatic hydroxyl groups excluding tert-OH is 2. The normalized spacial score (nSPS) is 14.2. The first-order chi connectivity index (χ1) is 19.8. The Labute approximate surface area is 239 Å². The van der Waals surface area contributed by atoms with E-state index in [1.165, 1.54) is 7.11 Å². The maximum atomic E-state index is 12.1. The van der Waals surface area contributed by atoms with Gasteiger partial charge in [0, 0.05) is 11.5 Å². The average molecular weight is 555 g/mol. The minimum absolute atomic E-state index is 0.0353. The number of benzene rings is 3. The number of carbonyl (C=O) groups is 1. The third-order valence-electron chi connectivity index (χ3n) is 7.60. The van der Waals surface area contributed by atoms with Crippen molar-refractivity contribution >= 4 is 5.97 Å². The van der Waals surface area contributed by atoms with Crippen LogP contribution in [0.5, 0.6) is 11.8 Å². The van der Waals surface area contributed by atoms with E-state index >= 15 is 0 Å². The van der Waals surface area contributed by atoms with Gasteiger partial charge in [0.25, 0.3) is 0 Å². The van der Waals surface area contributed by atoms with Crippen LogP contribution < -0.4 is 9.47 Å². The molecule has 1 unspecified atom stereocenters. The molecule has 0 aliphatic heterocycles. The average Bonchev–Trinajstić information content (AvgIpc) is 3.28. The zero-order valence-electron chi connectivity index (χ0n) is 23.7. The van der Waals surface area contributed by atoms with Crippen molar-refractivity contribution in [2.45, 2.75) is 45.8 Å². The summed E-state index contributed by atoms with van der Waals surface area (Å²) in [5.74, 6) is 0.489. The molecule has 1 heterocycles. The Morgan fingerprint density at radius 3 is 2.34 bits per heavy atom. The molecule has 0 saturated heterocycles. The van der Waals surface area contributed by atoms with Crippen LogP contribution in [0.15, 0.2) is 60.7 Å². The van der Waals surface area contributed by atoms with Crippen molar-refractivity contribution in [3.63, 3.8) is 0 Å². The molecule has 212 valence electrons. The van der Waals surface area contributed by atoms with Crippen molar-refractivity contribution in [2.75, 3.05) is 20.3 Å². The summed E-state index contributed by atoms with van der Waals surface area (Å²) in [5.41, 5.74) is 9.97. The van der Waals surface area contributed by atoms with Gasteiger partial charge in [0.1, 0.15) is 25.1 Å². The summed E-state index contributed by atoms with van der Waals surface area (Å²) in [6, 6.07) is 20.5. The Morgan fingerprint density at radius 2 is 1.61 bits per heavy atom. The molecule has 2 atom stereocenters. The van der Waals surface area contributed by atoms with E-state index in [1.54, 1.807) is 0 Å². The van der Waals surface area contributed by atoms with E-state index in [0.29, 0.717) is 13.0 Å². The van der Waals surface area contributed by atoms with Crippen LogP contribution in [-0.2, 0) is 16.1 Å². The van der Waals surface area contributed by atoms with Crippen molar-refractivity contribution in [1.29, 1.82) is 0 Å². The van der Waals surface area contributed by atoms with E-state index in [0.717, 1.165) is 61.6 Å². The molecule has 4 aromatic rings. The molecule has 0 saturated carbocycles. The van der Waals surface area contributed by atoms with E-state index in [4.69, 9.17) is 19.3 Å². The lowest BCUT2D eigenvalue weighted by molar-refractivity contribution is -0.140. The zero-order valence-corrected chi connectivity index (χ0v) is 23.7. The molecule has 0 fully saturated rings. The van der Waals surface area contributed by atoms with E-state index in [-0.39, 0.29) is 24.5 Å². The van der Waals surface area contributed by atoms with Crippen LogP contribution >= 0.6 is 0 Å². The van der Waals surface area contributed by atoms with Crippen LogP contribution in [-0.4, -0.2) is 52.6 Å². The highest BCUT2D eigenvalue weighted by atomic mass is 16.5. The van der Waals surface area contributed by atoms with Crippen LogP contribution in [0.4, 0.5) is 0 Å². The molecule has 5 rings (SSSR count). The number of aryl methyl sites for hydroxylation is 2. The molecule has 41 heavy (non-hydrogen) atoms. The van der Waals surface area contributed by atoms with E-state index in [1.807, 2.05) is 50.2 Å². The largest absolute Gasteiger partial charge is 0.489 e. The second kappa shape index (κ2) is 12.1. The number of carbonyl (C=O) groups excluding carboxylic acids is 1. The van der Waals surface area contributed by atoms with Gasteiger partial charge >= 0.3 is 12.0 Å². The first-order valence-electron chi connectivity index (χ1n) is 13.6. The smallest absolute Gasteiger partial charge is 0.316 e. The molecule has 0 bridgehead atoms. The van der Waals surface area contributed by atoms with Gasteiger partial charge in [-0.2, -0.15) is 9.97 Å². The number of aromatic nitrogens is 2. The van der Waals surface area contributed by atoms with Gasteiger partial charge in [0.15, 0.2) is 0 Å². The first-order valence-corrected chi connectivity index (χ1v) is 13.6. The summed E-state index contributed by atoms with van der Waals surface area (Å²) < 4.78 is 16.7. The SMILES string of the molecule is COC(=O)CC1c2ccccc2-c2cc(OCc3cccc(-c4c(C)nc(OC[C@@H](O)CO)nc4C)c3C)ccc21. The molecule has 2 N–H and O–H groups in total. The Hall–Kier alpha value is -4.27. The van der Waals surface area contributed by atoms with Gasteiger partial charge in [-0.25, -0.2) is 0 Å². The van der Waals surface area contributed by atoms with Crippen LogP contribution in [0.3, 0.4) is 0 Å². The van der Waals surface area contributed by atoms with Crippen LogP contribution in [0.25, 0.3) is 22.3 Å². The van der Waals surface area contributed by atoms with Gasteiger partial charge in [-0.05, 0) is 71.8 Å². The van der Waals surface area contributed by atoms with Crippen LogP contribution in [0.1, 0.15) is 46.0 Å². The standard InChI is InChI=1S/C33H34N2O6/c1-19-22(8-7-11-25(19)32-20(2)34-33(35-21(32)3)41-18-23(37)16-36)17-40-24-12-13-28-29(14-24)26-9-5-6-10-27(26)30(28)15-31(38)39-4/h5-14,23,30,36-37H,15-18H2,1-4H3/t23-,30?/m0/s1. The molecular formula is C33H34N2O6. The maximum absolute atomic E-state index is 12.1. The molecule has 0 amide bonds.